The number of carbonyl (C=O) groups excluding carboxylic acids is 1. The normalized spacial score (nSPS) is 17.6. The van der Waals surface area contributed by atoms with Crippen molar-refractivity contribution in [3.05, 3.63) is 0 Å². The largest absolute Gasteiger partial charge is 0.451 e. The Morgan fingerprint density at radius 2 is 1.82 bits per heavy atom. The van der Waals surface area contributed by atoms with E-state index in [1.807, 2.05) is 0 Å². The summed E-state index contributed by atoms with van der Waals surface area (Å²) >= 11 is 0. The number of halogens is 3. The minimum atomic E-state index is -4.82. The fraction of sp³-hybridized carbons (Fsp3) is 0.833. The van der Waals surface area contributed by atoms with Gasteiger partial charge in [-0.1, -0.05) is 6.92 Å². The SMILES string of the molecule is CCC(C)(N)C(=O)C(F)(F)F. The zero-order chi connectivity index (χ0) is 9.28. The second-order valence-corrected chi connectivity index (χ2v) is 2.60. The van der Waals surface area contributed by atoms with Gasteiger partial charge in [-0.2, -0.15) is 13.2 Å². The van der Waals surface area contributed by atoms with E-state index in [1.54, 1.807) is 0 Å². The molecule has 0 heterocycles. The molecule has 0 fully saturated rings. The van der Waals surface area contributed by atoms with Crippen LogP contribution in [0.2, 0.25) is 0 Å². The highest BCUT2D eigenvalue weighted by Gasteiger charge is 2.47. The van der Waals surface area contributed by atoms with Gasteiger partial charge >= 0.3 is 6.18 Å². The van der Waals surface area contributed by atoms with Gasteiger partial charge in [0.05, 0.1) is 5.54 Å². The summed E-state index contributed by atoms with van der Waals surface area (Å²) < 4.78 is 35.1. The second kappa shape index (κ2) is 2.81. The van der Waals surface area contributed by atoms with E-state index in [2.05, 4.69) is 0 Å². The zero-order valence-electron chi connectivity index (χ0n) is 6.33. The first-order valence-electron chi connectivity index (χ1n) is 3.12. The van der Waals surface area contributed by atoms with E-state index in [9.17, 15) is 18.0 Å². The highest BCUT2D eigenvalue weighted by molar-refractivity contribution is 5.92. The standard InChI is InChI=1S/C6H10F3NO/c1-3-5(2,10)4(11)6(7,8)9/h3,10H2,1-2H3. The average molecular weight is 169 g/mol. The summed E-state index contributed by atoms with van der Waals surface area (Å²) in [5.41, 5.74) is 3.30. The van der Waals surface area contributed by atoms with Crippen LogP contribution in [0.1, 0.15) is 20.3 Å². The quantitative estimate of drug-likeness (QED) is 0.675. The summed E-state index contributed by atoms with van der Waals surface area (Å²) in [6, 6.07) is 0. The smallest absolute Gasteiger partial charge is 0.319 e. The molecule has 0 aromatic carbocycles. The van der Waals surface area contributed by atoms with Gasteiger partial charge in [-0.05, 0) is 13.3 Å². The maximum Gasteiger partial charge on any atom is 0.451 e. The van der Waals surface area contributed by atoms with Gasteiger partial charge < -0.3 is 5.73 Å². The average Bonchev–Trinajstić information content (AvgIpc) is 1.84. The van der Waals surface area contributed by atoms with E-state index in [-0.39, 0.29) is 6.42 Å². The molecule has 0 aromatic rings. The lowest BCUT2D eigenvalue weighted by Gasteiger charge is -2.21. The number of nitrogens with two attached hydrogens (primary N) is 1. The molecular formula is C6H10F3NO. The van der Waals surface area contributed by atoms with Gasteiger partial charge in [0.25, 0.3) is 5.78 Å². The fourth-order valence-corrected chi connectivity index (χ4v) is 0.484. The molecule has 0 aliphatic carbocycles. The summed E-state index contributed by atoms with van der Waals surface area (Å²) in [7, 11) is 0. The summed E-state index contributed by atoms with van der Waals surface area (Å²) in [4.78, 5) is 10.5. The van der Waals surface area contributed by atoms with E-state index in [0.29, 0.717) is 0 Å². The van der Waals surface area contributed by atoms with Crippen LogP contribution in [0.25, 0.3) is 0 Å². The first-order chi connectivity index (χ1) is 4.72. The van der Waals surface area contributed by atoms with E-state index >= 15 is 0 Å². The van der Waals surface area contributed by atoms with Crippen molar-refractivity contribution in [2.75, 3.05) is 0 Å². The highest BCUT2D eigenvalue weighted by atomic mass is 19.4. The number of rotatable bonds is 2. The van der Waals surface area contributed by atoms with Gasteiger partial charge in [0.1, 0.15) is 0 Å². The first-order valence-corrected chi connectivity index (χ1v) is 3.12. The molecule has 1 unspecified atom stereocenters. The van der Waals surface area contributed by atoms with Gasteiger partial charge in [-0.25, -0.2) is 0 Å². The minimum Gasteiger partial charge on any atom is -0.319 e. The number of hydrogen-bond acceptors (Lipinski definition) is 2. The lowest BCUT2D eigenvalue weighted by atomic mass is 9.94. The Morgan fingerprint density at radius 1 is 1.45 bits per heavy atom. The van der Waals surface area contributed by atoms with Crippen LogP contribution in [-0.2, 0) is 4.79 Å². The van der Waals surface area contributed by atoms with E-state index < -0.39 is 17.5 Å². The molecule has 0 bridgehead atoms. The summed E-state index contributed by atoms with van der Waals surface area (Å²) in [5.74, 6) is -1.87. The van der Waals surface area contributed by atoms with E-state index in [4.69, 9.17) is 5.73 Å². The van der Waals surface area contributed by atoms with Crippen molar-refractivity contribution >= 4 is 5.78 Å². The molecule has 0 radical (unpaired) electrons. The van der Waals surface area contributed by atoms with Crippen LogP contribution in [-0.4, -0.2) is 17.5 Å². The Labute approximate surface area is 62.6 Å². The first kappa shape index (κ1) is 10.4. The molecular weight excluding hydrogens is 159 g/mol. The Bertz CT molecular complexity index is 162. The maximum atomic E-state index is 11.7. The Hall–Kier alpha value is -0.580. The molecule has 2 N–H and O–H groups in total. The van der Waals surface area contributed by atoms with Crippen molar-refractivity contribution in [1.82, 2.24) is 0 Å². The van der Waals surface area contributed by atoms with Crippen molar-refractivity contribution in [1.29, 1.82) is 0 Å². The third-order valence-corrected chi connectivity index (χ3v) is 1.51. The van der Waals surface area contributed by atoms with Crippen molar-refractivity contribution in [2.24, 2.45) is 5.73 Å². The minimum absolute atomic E-state index is 0.0225. The predicted octanol–water partition coefficient (Wildman–Crippen LogP) is 1.25. The van der Waals surface area contributed by atoms with Crippen molar-refractivity contribution in [2.45, 2.75) is 32.0 Å². The molecule has 0 saturated carbocycles. The summed E-state index contributed by atoms with van der Waals surface area (Å²) in [6.07, 6.45) is -4.84. The number of Topliss-reactive ketones (excluding diaryl/α,β-unsaturated/α-hetero) is 1. The van der Waals surface area contributed by atoms with Crippen molar-refractivity contribution in [3.8, 4) is 0 Å². The fourth-order valence-electron chi connectivity index (χ4n) is 0.484. The van der Waals surface area contributed by atoms with Crippen LogP contribution in [0, 0.1) is 0 Å². The Balaban J connectivity index is 4.50. The topological polar surface area (TPSA) is 43.1 Å². The van der Waals surface area contributed by atoms with E-state index in [1.165, 1.54) is 6.92 Å². The van der Waals surface area contributed by atoms with Gasteiger partial charge in [-0.15, -0.1) is 0 Å². The monoisotopic (exact) mass is 169 g/mol. The molecule has 0 saturated heterocycles. The zero-order valence-corrected chi connectivity index (χ0v) is 6.33. The third kappa shape index (κ3) is 2.49. The predicted molar refractivity (Wildman–Crippen MR) is 33.9 cm³/mol. The lowest BCUT2D eigenvalue weighted by Crippen LogP contribution is -2.50. The molecule has 5 heteroatoms. The number of ketones is 1. The Kier molecular flexibility index (Phi) is 2.66. The van der Waals surface area contributed by atoms with Crippen LogP contribution in [0.5, 0.6) is 0 Å². The summed E-state index contributed by atoms with van der Waals surface area (Å²) in [6.45, 7) is 2.51. The Morgan fingerprint density at radius 3 is 1.91 bits per heavy atom. The molecule has 0 spiro atoms. The van der Waals surface area contributed by atoms with Crippen LogP contribution >= 0.6 is 0 Å². The second-order valence-electron chi connectivity index (χ2n) is 2.60. The highest BCUT2D eigenvalue weighted by Crippen LogP contribution is 2.23. The number of alkyl halides is 3. The molecule has 2 nitrogen and oxygen atoms in total. The van der Waals surface area contributed by atoms with Crippen molar-refractivity contribution < 1.29 is 18.0 Å². The van der Waals surface area contributed by atoms with Crippen LogP contribution < -0.4 is 5.73 Å². The third-order valence-electron chi connectivity index (χ3n) is 1.51. The molecule has 0 aliphatic rings. The molecule has 0 aromatic heterocycles. The van der Waals surface area contributed by atoms with Gasteiger partial charge in [-0.3, -0.25) is 4.79 Å². The van der Waals surface area contributed by atoms with E-state index in [0.717, 1.165) is 6.92 Å². The van der Waals surface area contributed by atoms with Crippen LogP contribution in [0.3, 0.4) is 0 Å². The lowest BCUT2D eigenvalue weighted by molar-refractivity contribution is -0.176. The summed E-state index contributed by atoms with van der Waals surface area (Å²) in [5, 5.41) is 0. The maximum absolute atomic E-state index is 11.7. The van der Waals surface area contributed by atoms with Gasteiger partial charge in [0.2, 0.25) is 0 Å². The number of carbonyl (C=O) groups is 1. The van der Waals surface area contributed by atoms with Gasteiger partial charge in [0.15, 0.2) is 0 Å². The molecule has 0 aliphatic heterocycles. The molecule has 1 atom stereocenters. The van der Waals surface area contributed by atoms with Gasteiger partial charge in [0, 0.05) is 0 Å². The molecule has 0 amide bonds. The number of hydrogen-bond donors (Lipinski definition) is 1. The van der Waals surface area contributed by atoms with Crippen LogP contribution in [0.15, 0.2) is 0 Å². The van der Waals surface area contributed by atoms with Crippen LogP contribution in [0.4, 0.5) is 13.2 Å². The van der Waals surface area contributed by atoms with Crippen molar-refractivity contribution in [3.63, 3.8) is 0 Å². The molecule has 66 valence electrons. The molecule has 11 heavy (non-hydrogen) atoms. The molecule has 0 rings (SSSR count).